The SMILES string of the molecule is C=CCn1nc(N[C@@H]2c3cc(C#N)ccc3OC(COC)(COC)[C@H]2O)ccc1=O. The number of nitrogens with zero attached hydrogens (tertiary/aromatic N) is 3. The molecule has 0 fully saturated rings. The van der Waals surface area contributed by atoms with Gasteiger partial charge in [0.15, 0.2) is 5.60 Å². The van der Waals surface area contributed by atoms with E-state index in [-0.39, 0.29) is 25.3 Å². The van der Waals surface area contributed by atoms with Gasteiger partial charge in [0.05, 0.1) is 37.4 Å². The summed E-state index contributed by atoms with van der Waals surface area (Å²) < 4.78 is 18.0. The highest BCUT2D eigenvalue weighted by Crippen LogP contribution is 2.42. The quantitative estimate of drug-likeness (QED) is 0.622. The lowest BCUT2D eigenvalue weighted by Gasteiger charge is -2.45. The first-order valence-electron chi connectivity index (χ1n) is 9.32. The van der Waals surface area contributed by atoms with Crippen molar-refractivity contribution in [3.8, 4) is 11.8 Å². The first-order chi connectivity index (χ1) is 14.5. The summed E-state index contributed by atoms with van der Waals surface area (Å²) >= 11 is 0. The molecule has 0 aliphatic carbocycles. The average molecular weight is 412 g/mol. The summed E-state index contributed by atoms with van der Waals surface area (Å²) in [7, 11) is 3.02. The predicted octanol–water partition coefficient (Wildman–Crippen LogP) is 1.24. The van der Waals surface area contributed by atoms with Crippen LogP contribution in [0.3, 0.4) is 0 Å². The molecule has 30 heavy (non-hydrogen) atoms. The van der Waals surface area contributed by atoms with E-state index in [0.29, 0.717) is 22.7 Å². The van der Waals surface area contributed by atoms with E-state index in [0.717, 1.165) is 0 Å². The molecule has 1 aromatic carbocycles. The maximum Gasteiger partial charge on any atom is 0.267 e. The molecule has 3 rings (SSSR count). The van der Waals surface area contributed by atoms with Crippen molar-refractivity contribution < 1.29 is 19.3 Å². The summed E-state index contributed by atoms with van der Waals surface area (Å²) in [5.41, 5.74) is -0.439. The molecule has 0 saturated carbocycles. The molecule has 0 unspecified atom stereocenters. The Hall–Kier alpha value is -3.19. The third-order valence-corrected chi connectivity index (χ3v) is 4.89. The Balaban J connectivity index is 2.08. The van der Waals surface area contributed by atoms with E-state index >= 15 is 0 Å². The molecule has 2 aromatic rings. The maximum absolute atomic E-state index is 12.0. The lowest BCUT2D eigenvalue weighted by molar-refractivity contribution is -0.142. The number of aliphatic hydroxyl groups is 1. The fourth-order valence-electron chi connectivity index (χ4n) is 3.56. The normalized spacial score (nSPS) is 19.3. The van der Waals surface area contributed by atoms with Gasteiger partial charge in [-0.1, -0.05) is 6.08 Å². The fraction of sp³-hybridized carbons (Fsp3) is 0.381. The van der Waals surface area contributed by atoms with Crippen LogP contribution in [-0.2, 0) is 16.0 Å². The Bertz CT molecular complexity index is 1010. The lowest BCUT2D eigenvalue weighted by atomic mass is 9.84. The van der Waals surface area contributed by atoms with Crippen LogP contribution in [0.25, 0.3) is 0 Å². The average Bonchev–Trinajstić information content (AvgIpc) is 2.74. The van der Waals surface area contributed by atoms with Crippen LogP contribution < -0.4 is 15.6 Å². The second-order valence-corrected chi connectivity index (χ2v) is 6.99. The van der Waals surface area contributed by atoms with Crippen molar-refractivity contribution >= 4 is 5.82 Å². The summed E-state index contributed by atoms with van der Waals surface area (Å²) in [5.74, 6) is 0.866. The highest BCUT2D eigenvalue weighted by molar-refractivity contribution is 5.50. The van der Waals surface area contributed by atoms with Gasteiger partial charge < -0.3 is 24.6 Å². The number of allylic oxidation sites excluding steroid dienone is 1. The van der Waals surface area contributed by atoms with Crippen LogP contribution >= 0.6 is 0 Å². The molecule has 9 nitrogen and oxygen atoms in total. The maximum atomic E-state index is 12.0. The van der Waals surface area contributed by atoms with Gasteiger partial charge in [0.2, 0.25) is 0 Å². The number of aromatic nitrogens is 2. The number of fused-ring (bicyclic) bond motifs is 1. The van der Waals surface area contributed by atoms with E-state index in [9.17, 15) is 15.2 Å². The molecule has 2 heterocycles. The van der Waals surface area contributed by atoms with Crippen molar-refractivity contribution in [2.45, 2.75) is 24.3 Å². The van der Waals surface area contributed by atoms with Crippen LogP contribution in [0, 0.1) is 11.3 Å². The van der Waals surface area contributed by atoms with Crippen LogP contribution in [0.5, 0.6) is 5.75 Å². The van der Waals surface area contributed by atoms with Crippen LogP contribution in [0.15, 0.2) is 47.8 Å². The van der Waals surface area contributed by atoms with Crippen molar-refractivity contribution in [1.29, 1.82) is 5.26 Å². The summed E-state index contributed by atoms with van der Waals surface area (Å²) in [5, 5.41) is 28.1. The molecule has 1 aliphatic rings. The van der Waals surface area contributed by atoms with Crippen molar-refractivity contribution in [3.63, 3.8) is 0 Å². The molecule has 9 heteroatoms. The highest BCUT2D eigenvalue weighted by Gasteiger charge is 2.50. The minimum atomic E-state index is -1.18. The topological polar surface area (TPSA) is 119 Å². The third-order valence-electron chi connectivity index (χ3n) is 4.89. The molecule has 2 N–H and O–H groups in total. The number of hydrogen-bond acceptors (Lipinski definition) is 8. The van der Waals surface area contributed by atoms with E-state index in [4.69, 9.17) is 14.2 Å². The Morgan fingerprint density at radius 2 is 2.10 bits per heavy atom. The molecule has 0 amide bonds. The van der Waals surface area contributed by atoms with Gasteiger partial charge in [-0.05, 0) is 24.3 Å². The minimum Gasteiger partial charge on any atom is -0.479 e. The van der Waals surface area contributed by atoms with Gasteiger partial charge in [0, 0.05) is 25.8 Å². The molecule has 0 radical (unpaired) electrons. The number of nitrogens with one attached hydrogen (secondary N) is 1. The zero-order valence-corrected chi connectivity index (χ0v) is 16.9. The number of nitriles is 1. The Morgan fingerprint density at radius 1 is 1.37 bits per heavy atom. The van der Waals surface area contributed by atoms with Crippen molar-refractivity contribution in [2.75, 3.05) is 32.8 Å². The number of ether oxygens (including phenoxy) is 3. The minimum absolute atomic E-state index is 0.0724. The smallest absolute Gasteiger partial charge is 0.267 e. The molecule has 0 saturated heterocycles. The first-order valence-corrected chi connectivity index (χ1v) is 9.32. The van der Waals surface area contributed by atoms with Gasteiger partial charge in [-0.3, -0.25) is 4.79 Å². The summed E-state index contributed by atoms with van der Waals surface area (Å²) in [4.78, 5) is 12.0. The van der Waals surface area contributed by atoms with Gasteiger partial charge in [-0.15, -0.1) is 6.58 Å². The van der Waals surface area contributed by atoms with Gasteiger partial charge in [-0.2, -0.15) is 10.4 Å². The van der Waals surface area contributed by atoms with E-state index in [1.165, 1.54) is 31.0 Å². The van der Waals surface area contributed by atoms with Gasteiger partial charge in [-0.25, -0.2) is 4.68 Å². The lowest BCUT2D eigenvalue weighted by Crippen LogP contribution is -2.60. The van der Waals surface area contributed by atoms with Crippen LogP contribution in [0.1, 0.15) is 17.2 Å². The fourth-order valence-corrected chi connectivity index (χ4v) is 3.56. The van der Waals surface area contributed by atoms with Crippen molar-refractivity contribution in [1.82, 2.24) is 9.78 Å². The number of anilines is 1. The number of aliphatic hydroxyl groups excluding tert-OH is 1. The van der Waals surface area contributed by atoms with E-state index in [1.807, 2.05) is 0 Å². The molecule has 0 spiro atoms. The number of methoxy groups -OCH3 is 2. The molecule has 1 aromatic heterocycles. The van der Waals surface area contributed by atoms with Crippen molar-refractivity contribution in [2.24, 2.45) is 0 Å². The zero-order valence-electron chi connectivity index (χ0n) is 16.9. The van der Waals surface area contributed by atoms with Crippen molar-refractivity contribution in [3.05, 3.63) is 64.5 Å². The third kappa shape index (κ3) is 4.07. The second kappa shape index (κ2) is 9.09. The Morgan fingerprint density at radius 3 is 2.73 bits per heavy atom. The standard InChI is InChI=1S/C21H24N4O5/c1-4-9-25-18(26)8-7-17(24-25)23-19-15-10-14(11-22)5-6-16(15)30-21(12-28-2,13-29-3)20(19)27/h4-8,10,19-20,27H,1,9,12-13H2,2-3H3,(H,23,24)/t19-,20+/m1/s1. The summed E-state index contributed by atoms with van der Waals surface area (Å²) in [6, 6.07) is 9.29. The van der Waals surface area contributed by atoms with Crippen LogP contribution in [0.2, 0.25) is 0 Å². The zero-order chi connectivity index (χ0) is 21.7. The van der Waals surface area contributed by atoms with Gasteiger partial charge in [0.1, 0.15) is 17.7 Å². The first kappa shape index (κ1) is 21.5. The van der Waals surface area contributed by atoms with E-state index in [1.54, 1.807) is 24.3 Å². The van der Waals surface area contributed by atoms with E-state index in [2.05, 4.69) is 23.1 Å². The number of benzene rings is 1. The second-order valence-electron chi connectivity index (χ2n) is 6.99. The van der Waals surface area contributed by atoms with Gasteiger partial charge in [0.25, 0.3) is 5.56 Å². The largest absolute Gasteiger partial charge is 0.479 e. The monoisotopic (exact) mass is 412 g/mol. The molecular weight excluding hydrogens is 388 g/mol. The molecule has 0 bridgehead atoms. The molecule has 2 atom stereocenters. The Labute approximate surface area is 174 Å². The highest BCUT2D eigenvalue weighted by atomic mass is 16.6. The number of rotatable bonds is 8. The van der Waals surface area contributed by atoms with Crippen LogP contribution in [0.4, 0.5) is 5.82 Å². The Kier molecular flexibility index (Phi) is 6.52. The molecule has 1 aliphatic heterocycles. The van der Waals surface area contributed by atoms with Gasteiger partial charge >= 0.3 is 0 Å². The summed E-state index contributed by atoms with van der Waals surface area (Å²) in [6.45, 7) is 4.02. The molecule has 158 valence electrons. The molecular formula is C21H24N4O5. The summed E-state index contributed by atoms with van der Waals surface area (Å²) in [6.07, 6.45) is 0.457. The van der Waals surface area contributed by atoms with E-state index < -0.39 is 17.7 Å². The number of hydrogen-bond donors (Lipinski definition) is 2. The van der Waals surface area contributed by atoms with Crippen LogP contribution in [-0.4, -0.2) is 54.0 Å². The predicted molar refractivity (Wildman–Crippen MR) is 109 cm³/mol.